The van der Waals surface area contributed by atoms with Crippen LogP contribution in [-0.2, 0) is 6.54 Å². The Morgan fingerprint density at radius 2 is 2.07 bits per heavy atom. The van der Waals surface area contributed by atoms with Gasteiger partial charge in [0.1, 0.15) is 5.82 Å². The first-order chi connectivity index (χ1) is 7.08. The van der Waals surface area contributed by atoms with Crippen molar-refractivity contribution in [3.05, 3.63) is 18.1 Å². The minimum absolute atomic E-state index is 0.476. The molecule has 0 aromatic carbocycles. The molecular weight excluding hydrogens is 188 g/mol. The Balaban J connectivity index is 2.37. The molecule has 0 spiro atoms. The highest BCUT2D eigenvalue weighted by Gasteiger charge is 2.03. The molecule has 0 aliphatic carbocycles. The number of anilines is 1. The second-order valence-corrected chi connectivity index (χ2v) is 4.35. The second kappa shape index (κ2) is 5.66. The molecular formula is C11H20N4. The van der Waals surface area contributed by atoms with Crippen molar-refractivity contribution in [1.82, 2.24) is 14.9 Å². The van der Waals surface area contributed by atoms with Crippen LogP contribution in [-0.4, -0.2) is 28.5 Å². The third-order valence-electron chi connectivity index (χ3n) is 2.25. The van der Waals surface area contributed by atoms with Gasteiger partial charge in [0.25, 0.3) is 0 Å². The molecule has 0 saturated heterocycles. The van der Waals surface area contributed by atoms with E-state index in [1.165, 1.54) is 6.42 Å². The largest absolute Gasteiger partial charge is 0.382 e. The van der Waals surface area contributed by atoms with Gasteiger partial charge >= 0.3 is 0 Å². The summed E-state index contributed by atoms with van der Waals surface area (Å²) in [4.78, 5) is 10.5. The van der Waals surface area contributed by atoms with Crippen LogP contribution in [0, 0.1) is 5.92 Å². The number of nitrogen functional groups attached to an aromatic ring is 1. The van der Waals surface area contributed by atoms with E-state index in [0.29, 0.717) is 5.82 Å². The summed E-state index contributed by atoms with van der Waals surface area (Å²) in [6.07, 6.45) is 4.55. The molecule has 0 amide bonds. The summed E-state index contributed by atoms with van der Waals surface area (Å²) in [5.41, 5.74) is 6.44. The van der Waals surface area contributed by atoms with Gasteiger partial charge in [-0.05, 0) is 25.9 Å². The monoisotopic (exact) mass is 208 g/mol. The predicted molar refractivity (Wildman–Crippen MR) is 62.2 cm³/mol. The van der Waals surface area contributed by atoms with Crippen molar-refractivity contribution in [2.45, 2.75) is 26.8 Å². The third-order valence-corrected chi connectivity index (χ3v) is 2.25. The molecule has 0 atom stereocenters. The number of aromatic nitrogens is 2. The maximum absolute atomic E-state index is 5.47. The van der Waals surface area contributed by atoms with Gasteiger partial charge in [-0.2, -0.15) is 0 Å². The SMILES string of the molecule is CC(C)CCN(C)Cc1cnc(N)cn1. The molecule has 4 heteroatoms. The number of hydrogen-bond donors (Lipinski definition) is 1. The van der Waals surface area contributed by atoms with E-state index in [1.807, 2.05) is 0 Å². The highest BCUT2D eigenvalue weighted by atomic mass is 15.1. The summed E-state index contributed by atoms with van der Waals surface area (Å²) in [6, 6.07) is 0. The number of hydrogen-bond acceptors (Lipinski definition) is 4. The standard InChI is InChI=1S/C11H20N4/c1-9(2)4-5-15(3)8-10-6-14-11(12)7-13-10/h6-7,9H,4-5,8H2,1-3H3,(H2,12,14). The van der Waals surface area contributed by atoms with E-state index in [-0.39, 0.29) is 0 Å². The van der Waals surface area contributed by atoms with Crippen molar-refractivity contribution in [2.75, 3.05) is 19.3 Å². The zero-order valence-electron chi connectivity index (χ0n) is 9.77. The smallest absolute Gasteiger partial charge is 0.141 e. The minimum Gasteiger partial charge on any atom is -0.382 e. The summed E-state index contributed by atoms with van der Waals surface area (Å²) in [5, 5.41) is 0. The highest BCUT2D eigenvalue weighted by Crippen LogP contribution is 2.04. The first kappa shape index (κ1) is 11.9. The molecule has 15 heavy (non-hydrogen) atoms. The van der Waals surface area contributed by atoms with E-state index in [2.05, 4.69) is 35.8 Å². The predicted octanol–water partition coefficient (Wildman–Crippen LogP) is 1.54. The molecule has 0 unspecified atom stereocenters. The first-order valence-electron chi connectivity index (χ1n) is 5.33. The van der Waals surface area contributed by atoms with Gasteiger partial charge in [-0.1, -0.05) is 13.8 Å². The van der Waals surface area contributed by atoms with Gasteiger partial charge in [0.2, 0.25) is 0 Å². The van der Waals surface area contributed by atoms with Crippen LogP contribution in [0.1, 0.15) is 26.0 Å². The summed E-state index contributed by atoms with van der Waals surface area (Å²) in [5.74, 6) is 1.22. The van der Waals surface area contributed by atoms with Crippen LogP contribution in [0.5, 0.6) is 0 Å². The van der Waals surface area contributed by atoms with Crippen LogP contribution in [0.2, 0.25) is 0 Å². The summed E-state index contributed by atoms with van der Waals surface area (Å²) >= 11 is 0. The van der Waals surface area contributed by atoms with Crippen molar-refractivity contribution in [3.8, 4) is 0 Å². The summed E-state index contributed by atoms with van der Waals surface area (Å²) in [7, 11) is 2.10. The van der Waals surface area contributed by atoms with Gasteiger partial charge in [-0.25, -0.2) is 4.98 Å². The van der Waals surface area contributed by atoms with E-state index >= 15 is 0 Å². The lowest BCUT2D eigenvalue weighted by Crippen LogP contribution is -2.21. The van der Waals surface area contributed by atoms with Crippen molar-refractivity contribution in [1.29, 1.82) is 0 Å². The molecule has 84 valence electrons. The molecule has 0 aliphatic rings. The lowest BCUT2D eigenvalue weighted by molar-refractivity contribution is 0.300. The minimum atomic E-state index is 0.476. The molecule has 0 saturated carbocycles. The zero-order valence-corrected chi connectivity index (χ0v) is 9.77. The molecule has 2 N–H and O–H groups in total. The number of nitrogens with zero attached hydrogens (tertiary/aromatic N) is 3. The Morgan fingerprint density at radius 3 is 2.60 bits per heavy atom. The molecule has 1 heterocycles. The van der Waals surface area contributed by atoms with Crippen molar-refractivity contribution >= 4 is 5.82 Å². The van der Waals surface area contributed by atoms with Gasteiger partial charge in [0.15, 0.2) is 0 Å². The lowest BCUT2D eigenvalue weighted by atomic mass is 10.1. The fourth-order valence-electron chi connectivity index (χ4n) is 1.28. The van der Waals surface area contributed by atoms with Crippen LogP contribution in [0.3, 0.4) is 0 Å². The highest BCUT2D eigenvalue weighted by molar-refractivity contribution is 5.22. The quantitative estimate of drug-likeness (QED) is 0.797. The van der Waals surface area contributed by atoms with E-state index in [1.54, 1.807) is 12.4 Å². The van der Waals surface area contributed by atoms with Crippen LogP contribution in [0.15, 0.2) is 12.4 Å². The molecule has 0 bridgehead atoms. The third kappa shape index (κ3) is 4.74. The number of nitrogens with two attached hydrogens (primary N) is 1. The van der Waals surface area contributed by atoms with Crippen LogP contribution in [0.4, 0.5) is 5.82 Å². The second-order valence-electron chi connectivity index (χ2n) is 4.35. The number of rotatable bonds is 5. The Kier molecular flexibility index (Phi) is 4.49. The fraction of sp³-hybridized carbons (Fsp3) is 0.636. The summed E-state index contributed by atoms with van der Waals surface area (Å²) < 4.78 is 0. The fourth-order valence-corrected chi connectivity index (χ4v) is 1.28. The lowest BCUT2D eigenvalue weighted by Gasteiger charge is -2.16. The Hall–Kier alpha value is -1.16. The van der Waals surface area contributed by atoms with Gasteiger partial charge in [0, 0.05) is 6.54 Å². The molecule has 0 aliphatic heterocycles. The van der Waals surface area contributed by atoms with Crippen molar-refractivity contribution in [3.63, 3.8) is 0 Å². The molecule has 0 radical (unpaired) electrons. The van der Waals surface area contributed by atoms with E-state index < -0.39 is 0 Å². The molecule has 1 aromatic heterocycles. The zero-order chi connectivity index (χ0) is 11.3. The topological polar surface area (TPSA) is 55.0 Å². The average molecular weight is 208 g/mol. The van der Waals surface area contributed by atoms with Crippen molar-refractivity contribution < 1.29 is 0 Å². The van der Waals surface area contributed by atoms with Crippen molar-refractivity contribution in [2.24, 2.45) is 5.92 Å². The Labute approximate surface area is 91.5 Å². The van der Waals surface area contributed by atoms with E-state index in [4.69, 9.17) is 5.73 Å². The molecule has 4 nitrogen and oxygen atoms in total. The van der Waals surface area contributed by atoms with E-state index in [9.17, 15) is 0 Å². The molecule has 1 rings (SSSR count). The maximum atomic E-state index is 5.47. The van der Waals surface area contributed by atoms with Gasteiger partial charge in [0.05, 0.1) is 18.1 Å². The Morgan fingerprint density at radius 1 is 1.33 bits per heavy atom. The van der Waals surface area contributed by atoms with Crippen LogP contribution in [0.25, 0.3) is 0 Å². The normalized spacial score (nSPS) is 11.3. The summed E-state index contributed by atoms with van der Waals surface area (Å²) in [6.45, 7) is 6.39. The first-order valence-corrected chi connectivity index (χ1v) is 5.33. The average Bonchev–Trinajstić information content (AvgIpc) is 2.19. The van der Waals surface area contributed by atoms with E-state index in [0.717, 1.165) is 24.7 Å². The Bertz CT molecular complexity index is 281. The van der Waals surface area contributed by atoms with Crippen LogP contribution < -0.4 is 5.73 Å². The molecule has 0 fully saturated rings. The van der Waals surface area contributed by atoms with Gasteiger partial charge < -0.3 is 10.6 Å². The maximum Gasteiger partial charge on any atom is 0.141 e. The van der Waals surface area contributed by atoms with Gasteiger partial charge in [-0.15, -0.1) is 0 Å². The molecule has 1 aromatic rings. The van der Waals surface area contributed by atoms with Gasteiger partial charge in [-0.3, -0.25) is 4.98 Å². The van der Waals surface area contributed by atoms with Crippen LogP contribution >= 0.6 is 0 Å².